The summed E-state index contributed by atoms with van der Waals surface area (Å²) in [7, 11) is 1.59. The topological polar surface area (TPSA) is 64.3 Å². The second kappa shape index (κ2) is 4.63. The zero-order valence-electron chi connectivity index (χ0n) is 9.74. The third-order valence-corrected chi connectivity index (χ3v) is 3.65. The zero-order valence-corrected chi connectivity index (χ0v) is 10.6. The van der Waals surface area contributed by atoms with Crippen molar-refractivity contribution in [1.82, 2.24) is 5.32 Å². The summed E-state index contributed by atoms with van der Waals surface area (Å²) in [6, 6.07) is 5.66. The van der Waals surface area contributed by atoms with E-state index in [0.717, 1.165) is 10.1 Å². The van der Waals surface area contributed by atoms with E-state index in [2.05, 4.69) is 5.32 Å². The van der Waals surface area contributed by atoms with Gasteiger partial charge < -0.3 is 15.8 Å². The molecule has 2 rings (SSSR count). The Morgan fingerprint density at radius 3 is 2.94 bits per heavy atom. The first-order valence-electron chi connectivity index (χ1n) is 5.32. The molecule has 0 bridgehead atoms. The minimum absolute atomic E-state index is 0.131. The summed E-state index contributed by atoms with van der Waals surface area (Å²) >= 11 is 1.38. The van der Waals surface area contributed by atoms with Crippen LogP contribution in [0.15, 0.2) is 18.2 Å². The van der Waals surface area contributed by atoms with Gasteiger partial charge in [-0.2, -0.15) is 0 Å². The van der Waals surface area contributed by atoms with Gasteiger partial charge in [-0.25, -0.2) is 0 Å². The fourth-order valence-electron chi connectivity index (χ4n) is 1.72. The lowest BCUT2D eigenvalue weighted by atomic mass is 10.2. The van der Waals surface area contributed by atoms with Gasteiger partial charge in [-0.1, -0.05) is 6.07 Å². The summed E-state index contributed by atoms with van der Waals surface area (Å²) in [6.07, 6.45) is 0. The maximum Gasteiger partial charge on any atom is 0.263 e. The fourth-order valence-corrected chi connectivity index (χ4v) is 2.78. The van der Waals surface area contributed by atoms with Crippen molar-refractivity contribution in [3.63, 3.8) is 0 Å². The molecule has 0 saturated heterocycles. The van der Waals surface area contributed by atoms with Gasteiger partial charge in [0.05, 0.1) is 18.2 Å². The third-order valence-electron chi connectivity index (χ3n) is 2.48. The average molecular weight is 250 g/mol. The average Bonchev–Trinajstić information content (AvgIpc) is 2.67. The van der Waals surface area contributed by atoms with Crippen LogP contribution in [-0.4, -0.2) is 19.6 Å². The molecule has 0 fully saturated rings. The molecule has 1 aromatic carbocycles. The summed E-state index contributed by atoms with van der Waals surface area (Å²) < 4.78 is 6.22. The molecule has 0 atom stereocenters. The van der Waals surface area contributed by atoms with Crippen molar-refractivity contribution in [3.8, 4) is 5.75 Å². The summed E-state index contributed by atoms with van der Waals surface area (Å²) in [6.45, 7) is 2.46. The highest BCUT2D eigenvalue weighted by Gasteiger charge is 2.18. The Hall–Kier alpha value is -1.75. The van der Waals surface area contributed by atoms with Crippen molar-refractivity contribution in [1.29, 1.82) is 0 Å². The molecule has 17 heavy (non-hydrogen) atoms. The first-order valence-corrected chi connectivity index (χ1v) is 6.13. The van der Waals surface area contributed by atoms with Crippen LogP contribution in [0.4, 0.5) is 5.69 Å². The Morgan fingerprint density at radius 2 is 2.29 bits per heavy atom. The standard InChI is InChI=1S/C12H14N2O2S/c1-3-14-12(15)11-10(13)9-7(16-2)5-4-6-8(9)17-11/h4-6H,3,13H2,1-2H3,(H,14,15). The number of rotatable bonds is 3. The van der Waals surface area contributed by atoms with E-state index in [4.69, 9.17) is 10.5 Å². The first-order chi connectivity index (χ1) is 8.19. The van der Waals surface area contributed by atoms with Crippen LogP contribution in [0.1, 0.15) is 16.6 Å². The second-order valence-corrected chi connectivity index (χ2v) is 4.59. The minimum atomic E-state index is -0.131. The van der Waals surface area contributed by atoms with Gasteiger partial charge in [0, 0.05) is 11.2 Å². The Kier molecular flexibility index (Phi) is 3.19. The van der Waals surface area contributed by atoms with Crippen LogP contribution >= 0.6 is 11.3 Å². The molecule has 1 aromatic heterocycles. The highest BCUT2D eigenvalue weighted by Crippen LogP contribution is 2.39. The van der Waals surface area contributed by atoms with Crippen LogP contribution < -0.4 is 15.8 Å². The predicted octanol–water partition coefficient (Wildman–Crippen LogP) is 2.24. The lowest BCUT2D eigenvalue weighted by Gasteiger charge is -2.02. The largest absolute Gasteiger partial charge is 0.496 e. The van der Waals surface area contributed by atoms with Crippen molar-refractivity contribution in [2.24, 2.45) is 0 Å². The van der Waals surface area contributed by atoms with Crippen LogP contribution in [0.2, 0.25) is 0 Å². The fraction of sp³-hybridized carbons (Fsp3) is 0.250. The number of hydrogen-bond donors (Lipinski definition) is 2. The molecule has 0 aliphatic rings. The van der Waals surface area contributed by atoms with Gasteiger partial charge in [0.15, 0.2) is 0 Å². The number of carbonyl (C=O) groups is 1. The normalized spacial score (nSPS) is 10.5. The number of fused-ring (bicyclic) bond motifs is 1. The van der Waals surface area contributed by atoms with Crippen LogP contribution in [0.3, 0.4) is 0 Å². The van der Waals surface area contributed by atoms with E-state index >= 15 is 0 Å². The number of benzene rings is 1. The number of nitrogens with one attached hydrogen (secondary N) is 1. The molecular formula is C12H14N2O2S. The zero-order chi connectivity index (χ0) is 12.4. The number of anilines is 1. The molecule has 3 N–H and O–H groups in total. The minimum Gasteiger partial charge on any atom is -0.496 e. The Morgan fingerprint density at radius 1 is 1.53 bits per heavy atom. The molecule has 0 radical (unpaired) electrons. The molecule has 1 amide bonds. The molecule has 0 unspecified atom stereocenters. The number of nitrogen functional groups attached to an aromatic ring is 1. The number of nitrogens with two attached hydrogens (primary N) is 1. The van der Waals surface area contributed by atoms with Crippen molar-refractivity contribution in [2.75, 3.05) is 19.4 Å². The number of hydrogen-bond acceptors (Lipinski definition) is 4. The molecule has 5 heteroatoms. The molecule has 2 aromatic rings. The number of ether oxygens (including phenoxy) is 1. The molecule has 4 nitrogen and oxygen atoms in total. The molecule has 0 saturated carbocycles. The van der Waals surface area contributed by atoms with Crippen molar-refractivity contribution in [3.05, 3.63) is 23.1 Å². The number of methoxy groups -OCH3 is 1. The molecular weight excluding hydrogens is 236 g/mol. The van der Waals surface area contributed by atoms with E-state index in [1.54, 1.807) is 7.11 Å². The highest BCUT2D eigenvalue weighted by molar-refractivity contribution is 7.21. The molecule has 90 valence electrons. The first kappa shape index (κ1) is 11.7. The summed E-state index contributed by atoms with van der Waals surface area (Å²) in [5.41, 5.74) is 6.51. The van der Waals surface area contributed by atoms with E-state index in [1.807, 2.05) is 25.1 Å². The quantitative estimate of drug-likeness (QED) is 0.878. The van der Waals surface area contributed by atoms with Gasteiger partial charge in [-0.05, 0) is 19.1 Å². The van der Waals surface area contributed by atoms with E-state index < -0.39 is 0 Å². The van der Waals surface area contributed by atoms with E-state index in [-0.39, 0.29) is 5.91 Å². The van der Waals surface area contributed by atoms with Crippen molar-refractivity contribution < 1.29 is 9.53 Å². The number of carbonyl (C=O) groups excluding carboxylic acids is 1. The predicted molar refractivity (Wildman–Crippen MR) is 70.8 cm³/mol. The van der Waals surface area contributed by atoms with Crippen molar-refractivity contribution >= 4 is 33.0 Å². The van der Waals surface area contributed by atoms with Gasteiger partial charge in [0.25, 0.3) is 5.91 Å². The third kappa shape index (κ3) is 1.93. The van der Waals surface area contributed by atoms with E-state index in [1.165, 1.54) is 11.3 Å². The van der Waals surface area contributed by atoms with Gasteiger partial charge in [-0.15, -0.1) is 11.3 Å². The van der Waals surface area contributed by atoms with Gasteiger partial charge >= 0.3 is 0 Å². The molecule has 0 aliphatic carbocycles. The summed E-state index contributed by atoms with van der Waals surface area (Å²) in [5.74, 6) is 0.569. The van der Waals surface area contributed by atoms with Gasteiger partial charge in [-0.3, -0.25) is 4.79 Å². The Labute approximate surface area is 103 Å². The molecule has 1 heterocycles. The van der Waals surface area contributed by atoms with Crippen LogP contribution in [0, 0.1) is 0 Å². The van der Waals surface area contributed by atoms with Gasteiger partial charge in [0.1, 0.15) is 10.6 Å². The maximum atomic E-state index is 11.8. The van der Waals surface area contributed by atoms with Crippen molar-refractivity contribution in [2.45, 2.75) is 6.92 Å². The number of thiophene rings is 1. The van der Waals surface area contributed by atoms with Crippen LogP contribution in [0.25, 0.3) is 10.1 Å². The SMILES string of the molecule is CCNC(=O)c1sc2cccc(OC)c2c1N. The highest BCUT2D eigenvalue weighted by atomic mass is 32.1. The van der Waals surface area contributed by atoms with Crippen LogP contribution in [-0.2, 0) is 0 Å². The smallest absolute Gasteiger partial charge is 0.263 e. The summed E-state index contributed by atoms with van der Waals surface area (Å²) in [5, 5.41) is 3.57. The Bertz CT molecular complexity index is 563. The lowest BCUT2D eigenvalue weighted by molar-refractivity contribution is 0.0960. The maximum absolute atomic E-state index is 11.8. The summed E-state index contributed by atoms with van der Waals surface area (Å²) in [4.78, 5) is 12.4. The van der Waals surface area contributed by atoms with E-state index in [9.17, 15) is 4.79 Å². The Balaban J connectivity index is 2.61. The number of amides is 1. The van der Waals surface area contributed by atoms with E-state index in [0.29, 0.717) is 22.9 Å². The monoisotopic (exact) mass is 250 g/mol. The van der Waals surface area contributed by atoms with Gasteiger partial charge in [0.2, 0.25) is 0 Å². The second-order valence-electron chi connectivity index (χ2n) is 3.54. The van der Waals surface area contributed by atoms with Crippen LogP contribution in [0.5, 0.6) is 5.75 Å². The lowest BCUT2D eigenvalue weighted by Crippen LogP contribution is -2.22. The molecule has 0 aliphatic heterocycles. The molecule has 0 spiro atoms.